The minimum atomic E-state index is -1.31. The Morgan fingerprint density at radius 2 is 1.97 bits per heavy atom. The van der Waals surface area contributed by atoms with E-state index >= 15 is 4.39 Å². The summed E-state index contributed by atoms with van der Waals surface area (Å²) in [4.78, 5) is 44.6. The first-order chi connectivity index (χ1) is 17.2. The molecule has 36 heavy (non-hydrogen) atoms. The van der Waals surface area contributed by atoms with Gasteiger partial charge in [0.25, 0.3) is 0 Å². The average Bonchev–Trinajstić information content (AvgIpc) is 3.59. The summed E-state index contributed by atoms with van der Waals surface area (Å²) in [5.41, 5.74) is -2.66. The number of halogens is 2. The van der Waals surface area contributed by atoms with E-state index in [2.05, 4.69) is 5.16 Å². The van der Waals surface area contributed by atoms with E-state index in [1.807, 2.05) is 0 Å². The normalized spacial score (nSPS) is 24.9. The van der Waals surface area contributed by atoms with E-state index in [-0.39, 0.29) is 33.8 Å². The number of nitrogens with zero attached hydrogens (tertiary/aromatic N) is 4. The molecule has 0 radical (unpaired) electrons. The van der Waals surface area contributed by atoms with E-state index in [1.54, 1.807) is 0 Å². The maximum Gasteiger partial charge on any atom is 0.354 e. The monoisotopic (exact) mass is 538 g/mol. The van der Waals surface area contributed by atoms with Crippen LogP contribution in [0.25, 0.3) is 5.69 Å². The van der Waals surface area contributed by atoms with E-state index in [0.717, 1.165) is 28.0 Å². The van der Waals surface area contributed by atoms with E-state index in [1.165, 1.54) is 20.2 Å². The molecule has 2 fully saturated rings. The Morgan fingerprint density at radius 3 is 2.64 bits per heavy atom. The third kappa shape index (κ3) is 3.82. The third-order valence-corrected chi connectivity index (χ3v) is 7.95. The molecule has 10 nitrogen and oxygen atoms in total. The largest absolute Gasteiger partial charge is 0.460 e. The molecule has 192 valence electrons. The second-order valence-corrected chi connectivity index (χ2v) is 9.99. The molecule has 0 bridgehead atoms. The zero-order valence-corrected chi connectivity index (χ0v) is 21.2. The lowest BCUT2D eigenvalue weighted by Crippen LogP contribution is -2.45. The second-order valence-electron chi connectivity index (χ2n) is 9.22. The molecule has 1 aliphatic carbocycles. The predicted molar refractivity (Wildman–Crippen MR) is 130 cm³/mol. The van der Waals surface area contributed by atoms with Crippen LogP contribution in [0.4, 0.5) is 4.39 Å². The van der Waals surface area contributed by atoms with Gasteiger partial charge in [-0.05, 0) is 50.0 Å². The quantitative estimate of drug-likeness (QED) is 0.425. The van der Waals surface area contributed by atoms with Crippen LogP contribution < -0.4 is 11.4 Å². The van der Waals surface area contributed by atoms with Crippen LogP contribution in [0, 0.1) is 16.5 Å². The summed E-state index contributed by atoms with van der Waals surface area (Å²) >= 11 is 11.5. The van der Waals surface area contributed by atoms with Crippen LogP contribution in [0.1, 0.15) is 37.7 Å². The molecule has 3 aliphatic rings. The Bertz CT molecular complexity index is 1420. The molecule has 13 heteroatoms. The highest BCUT2D eigenvalue weighted by molar-refractivity contribution is 7.71. The molecule has 3 unspecified atom stereocenters. The lowest BCUT2D eigenvalue weighted by Gasteiger charge is -2.25. The number of carbonyl (C=O) groups excluding carboxylic acids is 1. The summed E-state index contributed by atoms with van der Waals surface area (Å²) < 4.78 is 28.9. The number of fused-ring (bicyclic) bond motifs is 1. The fraction of sp³-hybridized carbons (Fsp3) is 0.522. The Morgan fingerprint density at radius 1 is 1.25 bits per heavy atom. The first kappa shape index (κ1) is 24.8. The minimum absolute atomic E-state index is 0.00293. The summed E-state index contributed by atoms with van der Waals surface area (Å²) in [5.74, 6) is -1.90. The van der Waals surface area contributed by atoms with Crippen molar-refractivity contribution >= 4 is 35.5 Å². The SMILES string of the molecule is Cn1c(=S)n(C)c(=O)n(-c2cc(C3=NOC4(C(=O)OCC5CCCO5)CCCC34)c(Cl)cc2F)c1=O. The van der Waals surface area contributed by atoms with E-state index in [4.69, 9.17) is 38.1 Å². The van der Waals surface area contributed by atoms with Crippen molar-refractivity contribution in [3.8, 4) is 5.69 Å². The zero-order valence-electron chi connectivity index (χ0n) is 19.7. The fourth-order valence-electron chi connectivity index (χ4n) is 5.10. The van der Waals surface area contributed by atoms with Crippen LogP contribution in [0.5, 0.6) is 0 Å². The fourth-order valence-corrected chi connectivity index (χ4v) is 5.51. The van der Waals surface area contributed by atoms with Crippen LogP contribution in [0.2, 0.25) is 5.02 Å². The lowest BCUT2D eigenvalue weighted by atomic mass is 9.84. The van der Waals surface area contributed by atoms with Crippen LogP contribution in [-0.4, -0.2) is 50.3 Å². The summed E-state index contributed by atoms with van der Waals surface area (Å²) in [5, 5.41) is 4.17. The van der Waals surface area contributed by atoms with E-state index in [0.29, 0.717) is 36.1 Å². The molecule has 1 aromatic heterocycles. The van der Waals surface area contributed by atoms with Gasteiger partial charge in [-0.15, -0.1) is 0 Å². The van der Waals surface area contributed by atoms with Crippen molar-refractivity contribution in [2.75, 3.05) is 13.2 Å². The van der Waals surface area contributed by atoms with Crippen LogP contribution in [0.3, 0.4) is 0 Å². The van der Waals surface area contributed by atoms with Gasteiger partial charge in [0.2, 0.25) is 5.60 Å². The topological polar surface area (TPSA) is 106 Å². The molecule has 1 aromatic carbocycles. The van der Waals surface area contributed by atoms with Crippen molar-refractivity contribution in [2.24, 2.45) is 25.2 Å². The summed E-state index contributed by atoms with van der Waals surface area (Å²) in [7, 11) is 2.78. The van der Waals surface area contributed by atoms with Gasteiger partial charge in [0.1, 0.15) is 12.4 Å². The van der Waals surface area contributed by atoms with Gasteiger partial charge in [0.15, 0.2) is 4.77 Å². The summed E-state index contributed by atoms with van der Waals surface area (Å²) in [6.45, 7) is 0.778. The van der Waals surface area contributed by atoms with Gasteiger partial charge in [-0.25, -0.2) is 23.3 Å². The van der Waals surface area contributed by atoms with E-state index < -0.39 is 34.7 Å². The number of hydrogen-bond acceptors (Lipinski definition) is 8. The summed E-state index contributed by atoms with van der Waals surface area (Å²) in [6, 6.07) is 2.28. The molecule has 0 N–H and O–H groups in total. The maximum atomic E-state index is 15.1. The van der Waals surface area contributed by atoms with Crippen LogP contribution in [0.15, 0.2) is 26.9 Å². The molecule has 5 rings (SSSR count). The van der Waals surface area contributed by atoms with Crippen molar-refractivity contribution in [2.45, 2.75) is 43.8 Å². The van der Waals surface area contributed by atoms with Crippen molar-refractivity contribution < 1.29 is 23.5 Å². The zero-order chi connectivity index (χ0) is 25.8. The number of esters is 1. The minimum Gasteiger partial charge on any atom is -0.460 e. The highest BCUT2D eigenvalue weighted by atomic mass is 35.5. The van der Waals surface area contributed by atoms with Gasteiger partial charge < -0.3 is 14.3 Å². The van der Waals surface area contributed by atoms with Gasteiger partial charge in [-0.2, -0.15) is 0 Å². The number of ether oxygens (including phenoxy) is 2. The molecule has 1 saturated carbocycles. The molecule has 0 amide bonds. The Kier molecular flexibility index (Phi) is 6.38. The van der Waals surface area contributed by atoms with Gasteiger partial charge in [0.05, 0.1) is 28.4 Å². The Balaban J connectivity index is 1.52. The first-order valence-electron chi connectivity index (χ1n) is 11.6. The van der Waals surface area contributed by atoms with Crippen LogP contribution in [-0.2, 0) is 33.2 Å². The summed E-state index contributed by atoms with van der Waals surface area (Å²) in [6.07, 6.45) is 3.26. The molecule has 3 atom stereocenters. The molecule has 2 aliphatic heterocycles. The molecule has 1 saturated heterocycles. The smallest absolute Gasteiger partial charge is 0.354 e. The van der Waals surface area contributed by atoms with Crippen molar-refractivity contribution in [3.05, 3.63) is 54.3 Å². The Labute approximate surface area is 214 Å². The predicted octanol–water partition coefficient (Wildman–Crippen LogP) is 2.39. The lowest BCUT2D eigenvalue weighted by molar-refractivity contribution is -0.174. The Hall–Kier alpha value is -2.83. The number of benzene rings is 1. The molecule has 2 aromatic rings. The van der Waals surface area contributed by atoms with Gasteiger partial charge >= 0.3 is 17.3 Å². The number of hydrogen-bond donors (Lipinski definition) is 0. The second kappa shape index (κ2) is 9.24. The molecule has 3 heterocycles. The highest BCUT2D eigenvalue weighted by Crippen LogP contribution is 2.47. The molecule has 0 spiro atoms. The van der Waals surface area contributed by atoms with Crippen LogP contribution >= 0.6 is 23.8 Å². The molecular weight excluding hydrogens is 515 g/mol. The highest BCUT2D eigenvalue weighted by Gasteiger charge is 2.59. The number of rotatable bonds is 5. The maximum absolute atomic E-state index is 15.1. The van der Waals surface area contributed by atoms with Gasteiger partial charge in [0, 0.05) is 32.7 Å². The first-order valence-corrected chi connectivity index (χ1v) is 12.4. The number of oxime groups is 1. The van der Waals surface area contributed by atoms with Gasteiger partial charge in [-0.1, -0.05) is 16.8 Å². The number of aromatic nitrogens is 3. The van der Waals surface area contributed by atoms with Crippen molar-refractivity contribution in [1.82, 2.24) is 13.7 Å². The number of carbonyl (C=O) groups is 1. The standard InChI is InChI=1S/C23H24ClFN4O6S/c1-27-20(31)29(21(32)28(2)22(27)36)17-9-13(15(24)10-16(17)25)18-14-6-3-7-23(14,35-26-18)19(30)34-11-12-5-4-8-33-12/h9-10,12,14H,3-8,11H2,1-2H3. The van der Waals surface area contributed by atoms with Crippen molar-refractivity contribution in [1.29, 1.82) is 0 Å². The van der Waals surface area contributed by atoms with Crippen molar-refractivity contribution in [3.63, 3.8) is 0 Å². The third-order valence-electron chi connectivity index (χ3n) is 7.09. The molecular formula is C23H24ClFN4O6S. The van der Waals surface area contributed by atoms with Gasteiger partial charge in [-0.3, -0.25) is 9.13 Å². The van der Waals surface area contributed by atoms with E-state index in [9.17, 15) is 14.4 Å². The average molecular weight is 539 g/mol.